The van der Waals surface area contributed by atoms with Gasteiger partial charge in [0, 0.05) is 18.7 Å². The van der Waals surface area contributed by atoms with E-state index in [4.69, 9.17) is 9.47 Å². The van der Waals surface area contributed by atoms with E-state index >= 15 is 0 Å². The first-order chi connectivity index (χ1) is 16.4. The van der Waals surface area contributed by atoms with Gasteiger partial charge in [-0.1, -0.05) is 65.7 Å². The standard InChI is InChI=1S/C27H42N2O5/c1-4-5-6-7-8-9-10-11-18-33-25(30)19-24-26(31)28-16-17-29(24)27(32)22-12-14-23(15-13-22)34-20-21(2)3/h12-15,21,24H,4-11,16-20H2,1-3H3,(H,28,31). The highest BCUT2D eigenvalue weighted by Gasteiger charge is 2.35. The average Bonchev–Trinajstić information content (AvgIpc) is 2.83. The highest BCUT2D eigenvalue weighted by molar-refractivity contribution is 5.99. The van der Waals surface area contributed by atoms with Gasteiger partial charge in [-0.2, -0.15) is 0 Å². The van der Waals surface area contributed by atoms with Gasteiger partial charge in [-0.3, -0.25) is 14.4 Å². The van der Waals surface area contributed by atoms with E-state index in [-0.39, 0.29) is 18.2 Å². The zero-order valence-electron chi connectivity index (χ0n) is 21.1. The number of amides is 2. The number of carbonyl (C=O) groups is 3. The van der Waals surface area contributed by atoms with Crippen molar-refractivity contribution in [1.82, 2.24) is 10.2 Å². The highest BCUT2D eigenvalue weighted by atomic mass is 16.5. The number of esters is 1. The van der Waals surface area contributed by atoms with E-state index in [1.165, 1.54) is 37.0 Å². The zero-order chi connectivity index (χ0) is 24.8. The quantitative estimate of drug-likeness (QED) is 0.293. The van der Waals surface area contributed by atoms with Crippen LogP contribution in [0.1, 0.15) is 88.9 Å². The van der Waals surface area contributed by atoms with E-state index in [1.807, 2.05) is 0 Å². The van der Waals surface area contributed by atoms with E-state index in [0.29, 0.717) is 43.5 Å². The maximum Gasteiger partial charge on any atom is 0.308 e. The Balaban J connectivity index is 1.80. The second-order valence-electron chi connectivity index (χ2n) is 9.43. The Morgan fingerprint density at radius 1 is 1.03 bits per heavy atom. The van der Waals surface area contributed by atoms with Crippen molar-refractivity contribution in [2.24, 2.45) is 5.92 Å². The van der Waals surface area contributed by atoms with Gasteiger partial charge in [0.2, 0.25) is 5.91 Å². The van der Waals surface area contributed by atoms with E-state index < -0.39 is 12.0 Å². The largest absolute Gasteiger partial charge is 0.493 e. The van der Waals surface area contributed by atoms with Crippen molar-refractivity contribution < 1.29 is 23.9 Å². The number of hydrogen-bond acceptors (Lipinski definition) is 5. The van der Waals surface area contributed by atoms with Crippen LogP contribution in [0.2, 0.25) is 0 Å². The van der Waals surface area contributed by atoms with Crippen LogP contribution in [0, 0.1) is 5.92 Å². The maximum absolute atomic E-state index is 13.1. The summed E-state index contributed by atoms with van der Waals surface area (Å²) in [5, 5.41) is 2.75. The first kappa shape index (κ1) is 27.7. The van der Waals surface area contributed by atoms with E-state index in [0.717, 1.165) is 19.3 Å². The molecule has 1 aliphatic rings. The summed E-state index contributed by atoms with van der Waals surface area (Å²) in [7, 11) is 0. The Labute approximate surface area is 204 Å². The van der Waals surface area contributed by atoms with Crippen molar-refractivity contribution in [2.75, 3.05) is 26.3 Å². The summed E-state index contributed by atoms with van der Waals surface area (Å²) in [4.78, 5) is 39.4. The summed E-state index contributed by atoms with van der Waals surface area (Å²) in [5.74, 6) is 0.0684. The van der Waals surface area contributed by atoms with Crippen molar-refractivity contribution >= 4 is 17.8 Å². The maximum atomic E-state index is 13.1. The third-order valence-corrected chi connectivity index (χ3v) is 5.90. The Kier molecular flexibility index (Phi) is 12.5. The van der Waals surface area contributed by atoms with Crippen molar-refractivity contribution in [3.8, 4) is 5.75 Å². The number of benzene rings is 1. The molecule has 1 saturated heterocycles. The van der Waals surface area contributed by atoms with E-state index in [1.54, 1.807) is 24.3 Å². The van der Waals surface area contributed by atoms with Gasteiger partial charge in [-0.15, -0.1) is 0 Å². The van der Waals surface area contributed by atoms with Crippen molar-refractivity contribution in [2.45, 2.75) is 84.6 Å². The molecule has 1 fully saturated rings. The molecule has 0 aliphatic carbocycles. The Morgan fingerprint density at radius 2 is 1.68 bits per heavy atom. The topological polar surface area (TPSA) is 84.9 Å². The minimum absolute atomic E-state index is 0.135. The monoisotopic (exact) mass is 474 g/mol. The molecule has 1 atom stereocenters. The fourth-order valence-corrected chi connectivity index (χ4v) is 3.92. The summed E-state index contributed by atoms with van der Waals surface area (Å²) in [6.45, 7) is 8.02. The number of nitrogens with zero attached hydrogens (tertiary/aromatic N) is 1. The van der Waals surface area contributed by atoms with Crippen LogP contribution in [-0.2, 0) is 14.3 Å². The van der Waals surface area contributed by atoms with Gasteiger partial charge < -0.3 is 19.7 Å². The highest BCUT2D eigenvalue weighted by Crippen LogP contribution is 2.18. The van der Waals surface area contributed by atoms with Crippen LogP contribution in [0.4, 0.5) is 0 Å². The van der Waals surface area contributed by atoms with Crippen molar-refractivity contribution in [3.63, 3.8) is 0 Å². The van der Waals surface area contributed by atoms with Crippen molar-refractivity contribution in [1.29, 1.82) is 0 Å². The van der Waals surface area contributed by atoms with Gasteiger partial charge in [0.15, 0.2) is 0 Å². The summed E-state index contributed by atoms with van der Waals surface area (Å²) < 4.78 is 11.0. The Hall–Kier alpha value is -2.57. The molecule has 1 aromatic rings. The van der Waals surface area contributed by atoms with Crippen LogP contribution in [0.5, 0.6) is 5.75 Å². The van der Waals surface area contributed by atoms with Gasteiger partial charge in [0.25, 0.3) is 5.91 Å². The Morgan fingerprint density at radius 3 is 2.32 bits per heavy atom. The Bertz CT molecular complexity index is 763. The fraction of sp³-hybridized carbons (Fsp3) is 0.667. The predicted molar refractivity (Wildman–Crippen MR) is 133 cm³/mol. The molecule has 0 radical (unpaired) electrons. The summed E-state index contributed by atoms with van der Waals surface area (Å²) in [6.07, 6.45) is 9.19. The van der Waals surface area contributed by atoms with Crippen LogP contribution in [-0.4, -0.2) is 55.0 Å². The van der Waals surface area contributed by atoms with Crippen molar-refractivity contribution in [3.05, 3.63) is 29.8 Å². The van der Waals surface area contributed by atoms with Gasteiger partial charge in [0.1, 0.15) is 11.8 Å². The van der Waals surface area contributed by atoms with Crippen LogP contribution in [0.25, 0.3) is 0 Å². The molecular weight excluding hydrogens is 432 g/mol. The van der Waals surface area contributed by atoms with E-state index in [2.05, 4.69) is 26.1 Å². The lowest BCUT2D eigenvalue weighted by Gasteiger charge is -2.34. The third-order valence-electron chi connectivity index (χ3n) is 5.90. The first-order valence-electron chi connectivity index (χ1n) is 12.9. The number of nitrogens with one attached hydrogen (secondary N) is 1. The zero-order valence-corrected chi connectivity index (χ0v) is 21.1. The summed E-state index contributed by atoms with van der Waals surface area (Å²) in [5.41, 5.74) is 0.462. The van der Waals surface area contributed by atoms with Gasteiger partial charge in [-0.25, -0.2) is 0 Å². The van der Waals surface area contributed by atoms with Gasteiger partial charge >= 0.3 is 5.97 Å². The lowest BCUT2D eigenvalue weighted by Crippen LogP contribution is -2.57. The molecule has 2 amide bonds. The number of hydrogen-bond donors (Lipinski definition) is 1. The van der Waals surface area contributed by atoms with Crippen LogP contribution in [0.3, 0.4) is 0 Å². The second-order valence-corrected chi connectivity index (χ2v) is 9.43. The van der Waals surface area contributed by atoms with Crippen LogP contribution < -0.4 is 10.1 Å². The summed E-state index contributed by atoms with van der Waals surface area (Å²) in [6, 6.07) is 6.05. The molecular formula is C27H42N2O5. The number of piperazine rings is 1. The van der Waals surface area contributed by atoms with E-state index in [9.17, 15) is 14.4 Å². The lowest BCUT2D eigenvalue weighted by atomic mass is 10.1. The molecule has 1 aliphatic heterocycles. The molecule has 0 bridgehead atoms. The molecule has 7 heteroatoms. The molecule has 1 aromatic carbocycles. The van der Waals surface area contributed by atoms with Gasteiger partial charge in [-0.05, 0) is 36.6 Å². The summed E-state index contributed by atoms with van der Waals surface area (Å²) >= 11 is 0. The molecule has 0 saturated carbocycles. The number of ether oxygens (including phenoxy) is 2. The smallest absolute Gasteiger partial charge is 0.308 e. The molecule has 0 spiro atoms. The normalized spacial score (nSPS) is 15.8. The van der Waals surface area contributed by atoms with Gasteiger partial charge in [0.05, 0.1) is 19.6 Å². The molecule has 190 valence electrons. The molecule has 1 N–H and O–H groups in total. The predicted octanol–water partition coefficient (Wildman–Crippen LogP) is 4.74. The minimum Gasteiger partial charge on any atom is -0.493 e. The first-order valence-corrected chi connectivity index (χ1v) is 12.9. The number of rotatable bonds is 15. The molecule has 0 aromatic heterocycles. The van der Waals surface area contributed by atoms with Crippen LogP contribution >= 0.6 is 0 Å². The van der Waals surface area contributed by atoms with Crippen LogP contribution in [0.15, 0.2) is 24.3 Å². The molecule has 2 rings (SSSR count). The second kappa shape index (κ2) is 15.4. The molecule has 34 heavy (non-hydrogen) atoms. The average molecular weight is 475 g/mol. The third kappa shape index (κ3) is 9.74. The number of unbranched alkanes of at least 4 members (excludes halogenated alkanes) is 7. The molecule has 1 unspecified atom stereocenters. The number of carbonyl (C=O) groups excluding carboxylic acids is 3. The fourth-order valence-electron chi connectivity index (χ4n) is 3.92. The lowest BCUT2D eigenvalue weighted by molar-refractivity contribution is -0.147. The SMILES string of the molecule is CCCCCCCCCCOC(=O)CC1C(=O)NCCN1C(=O)c1ccc(OCC(C)C)cc1. The minimum atomic E-state index is -0.857. The molecule has 7 nitrogen and oxygen atoms in total. The molecule has 1 heterocycles.